The third-order valence-corrected chi connectivity index (χ3v) is 8.06. The maximum Gasteiger partial charge on any atom is 0.339 e. The van der Waals surface area contributed by atoms with Crippen molar-refractivity contribution in [2.45, 2.75) is 23.6 Å². The van der Waals surface area contributed by atoms with Gasteiger partial charge in [0.25, 0.3) is 15.7 Å². The molecule has 0 radical (unpaired) electrons. The predicted octanol–water partition coefficient (Wildman–Crippen LogP) is 5.52. The van der Waals surface area contributed by atoms with Crippen molar-refractivity contribution in [3.8, 4) is 11.4 Å². The quantitative estimate of drug-likeness (QED) is 0.161. The van der Waals surface area contributed by atoms with Crippen LogP contribution < -0.4 is 9.74 Å². The summed E-state index contributed by atoms with van der Waals surface area (Å²) in [6.45, 7) is 3.39. The van der Waals surface area contributed by atoms with Crippen LogP contribution in [0, 0.1) is 13.8 Å². The smallest absolute Gasteiger partial charge is 0.339 e. The zero-order chi connectivity index (χ0) is 27.8. The molecule has 1 heterocycles. The first-order chi connectivity index (χ1) is 17.8. The molecule has 0 spiro atoms. The van der Waals surface area contributed by atoms with Crippen LogP contribution in [0.2, 0.25) is 10.0 Å². The first-order valence-electron chi connectivity index (χ1n) is 10.6. The van der Waals surface area contributed by atoms with Gasteiger partial charge in [-0.15, -0.1) is 5.11 Å². The Bertz CT molecular complexity index is 1830. The minimum Gasteiger partial charge on any atom is -0.379 e. The van der Waals surface area contributed by atoms with E-state index in [2.05, 4.69) is 15.3 Å². The molecule has 15 heteroatoms. The summed E-state index contributed by atoms with van der Waals surface area (Å²) in [5.74, 6) is 0.0598. The minimum absolute atomic E-state index is 0.0140. The predicted molar refractivity (Wildman–Crippen MR) is 141 cm³/mol. The van der Waals surface area contributed by atoms with Crippen LogP contribution in [0.15, 0.2) is 85.5 Å². The van der Waals surface area contributed by atoms with Crippen molar-refractivity contribution in [3.05, 3.63) is 92.3 Å². The van der Waals surface area contributed by atoms with Gasteiger partial charge < -0.3 is 4.18 Å². The van der Waals surface area contributed by atoms with Crippen LogP contribution >= 0.6 is 23.2 Å². The Morgan fingerprint density at radius 3 is 2.13 bits per heavy atom. The molecule has 1 aromatic heterocycles. The van der Waals surface area contributed by atoms with E-state index in [9.17, 15) is 26.2 Å². The van der Waals surface area contributed by atoms with E-state index in [1.54, 1.807) is 19.1 Å². The average Bonchev–Trinajstić information content (AvgIpc) is 3.12. The van der Waals surface area contributed by atoms with Gasteiger partial charge in [-0.05, 0) is 62.4 Å². The molecule has 0 atom stereocenters. The molecule has 38 heavy (non-hydrogen) atoms. The third kappa shape index (κ3) is 5.81. The van der Waals surface area contributed by atoms with Gasteiger partial charge in [0.2, 0.25) is 0 Å². The molecule has 198 valence electrons. The number of benzene rings is 3. The molecule has 2 N–H and O–H groups in total. The number of aryl methyl sites for hydroxylation is 2. The van der Waals surface area contributed by atoms with E-state index in [-0.39, 0.29) is 32.1 Å². The fourth-order valence-electron chi connectivity index (χ4n) is 3.27. The third-order valence-electron chi connectivity index (χ3n) is 5.18. The maximum absolute atomic E-state index is 12.9. The van der Waals surface area contributed by atoms with E-state index in [0.29, 0.717) is 11.4 Å². The second-order valence-corrected chi connectivity index (χ2v) is 11.7. The number of hydrogen-bond donors (Lipinski definition) is 2. The van der Waals surface area contributed by atoms with Crippen LogP contribution in [-0.2, 0) is 20.2 Å². The monoisotopic (exact) mass is 596 g/mol. The lowest BCUT2D eigenvalue weighted by molar-refractivity contribution is 0.482. The van der Waals surface area contributed by atoms with Crippen molar-refractivity contribution in [3.63, 3.8) is 0 Å². The summed E-state index contributed by atoms with van der Waals surface area (Å²) in [6, 6.07) is 13.9. The number of aromatic nitrogens is 2. The molecule has 4 rings (SSSR count). The summed E-state index contributed by atoms with van der Waals surface area (Å²) in [5.41, 5.74) is 0.815. The van der Waals surface area contributed by atoms with Crippen LogP contribution in [0.25, 0.3) is 5.69 Å². The van der Waals surface area contributed by atoms with Gasteiger partial charge in [0, 0.05) is 0 Å². The molecular formula is C23H18Cl2N4O7S2. The zero-order valence-corrected chi connectivity index (χ0v) is 22.7. The van der Waals surface area contributed by atoms with Crippen molar-refractivity contribution in [1.29, 1.82) is 0 Å². The van der Waals surface area contributed by atoms with Crippen molar-refractivity contribution in [2.75, 3.05) is 0 Å². The summed E-state index contributed by atoms with van der Waals surface area (Å²) in [7, 11) is -8.65. The zero-order valence-electron chi connectivity index (χ0n) is 19.6. The van der Waals surface area contributed by atoms with Crippen LogP contribution in [-0.4, -0.2) is 31.2 Å². The van der Waals surface area contributed by atoms with E-state index in [1.807, 2.05) is 6.92 Å². The second-order valence-electron chi connectivity index (χ2n) is 7.98. The number of halogens is 2. The lowest BCUT2D eigenvalue weighted by Gasteiger charge is -2.08. The summed E-state index contributed by atoms with van der Waals surface area (Å²) in [4.78, 5) is 12.4. The Morgan fingerprint density at radius 2 is 1.53 bits per heavy atom. The summed E-state index contributed by atoms with van der Waals surface area (Å²) in [6.07, 6.45) is 0. The molecule has 0 bridgehead atoms. The molecular weight excluding hydrogens is 579 g/mol. The molecule has 0 unspecified atom stereocenters. The molecule has 0 aliphatic carbocycles. The van der Waals surface area contributed by atoms with Crippen LogP contribution in [0.5, 0.6) is 5.75 Å². The topological polar surface area (TPSA) is 160 Å². The standard InChI is InChI=1S/C23H18Cl2N4O7S2/c1-13-3-9-17(10-4-13)38(34,35)36-16-7-5-15(6-8-16)26-27-22-14(2)28-29(23(22)30)20-11-19(25)21(12-18(20)24)37(31,32)33/h3-12,28H,1-2H3,(H,31,32,33). The highest BCUT2D eigenvalue weighted by Gasteiger charge is 2.21. The average molecular weight is 597 g/mol. The van der Waals surface area contributed by atoms with E-state index in [0.717, 1.165) is 22.4 Å². The van der Waals surface area contributed by atoms with Crippen LogP contribution in [0.3, 0.4) is 0 Å². The Kier molecular flexibility index (Phi) is 7.50. The molecule has 3 aromatic carbocycles. The molecule has 0 saturated heterocycles. The number of nitrogens with one attached hydrogen (secondary N) is 1. The van der Waals surface area contributed by atoms with Crippen molar-refractivity contribution in [2.24, 2.45) is 10.2 Å². The largest absolute Gasteiger partial charge is 0.379 e. The molecule has 0 aliphatic rings. The van der Waals surface area contributed by atoms with Crippen molar-refractivity contribution in [1.82, 2.24) is 9.78 Å². The summed E-state index contributed by atoms with van der Waals surface area (Å²) < 4.78 is 63.2. The molecule has 0 saturated carbocycles. The first-order valence-corrected chi connectivity index (χ1v) is 14.2. The number of hydrogen-bond acceptors (Lipinski definition) is 8. The molecule has 0 fully saturated rings. The lowest BCUT2D eigenvalue weighted by atomic mass is 10.2. The first kappa shape index (κ1) is 27.5. The van der Waals surface area contributed by atoms with Crippen LogP contribution in [0.1, 0.15) is 11.3 Å². The van der Waals surface area contributed by atoms with Gasteiger partial charge in [-0.3, -0.25) is 14.4 Å². The normalized spacial score (nSPS) is 12.2. The lowest BCUT2D eigenvalue weighted by Crippen LogP contribution is -2.15. The van der Waals surface area contributed by atoms with E-state index < -0.39 is 30.7 Å². The van der Waals surface area contributed by atoms with Crippen LogP contribution in [0.4, 0.5) is 11.4 Å². The second kappa shape index (κ2) is 10.3. The molecule has 4 aromatic rings. The Balaban J connectivity index is 1.57. The van der Waals surface area contributed by atoms with Gasteiger partial charge in [0.05, 0.1) is 27.1 Å². The number of aromatic amines is 1. The van der Waals surface area contributed by atoms with E-state index in [1.165, 1.54) is 36.4 Å². The summed E-state index contributed by atoms with van der Waals surface area (Å²) >= 11 is 12.1. The van der Waals surface area contributed by atoms with Gasteiger partial charge >= 0.3 is 10.1 Å². The number of azo groups is 1. The fraction of sp³-hybridized carbons (Fsp3) is 0.0870. The van der Waals surface area contributed by atoms with Gasteiger partial charge in [-0.25, -0.2) is 4.68 Å². The van der Waals surface area contributed by atoms with Crippen molar-refractivity contribution < 1.29 is 25.6 Å². The maximum atomic E-state index is 12.9. The van der Waals surface area contributed by atoms with Gasteiger partial charge in [-0.2, -0.15) is 21.9 Å². The number of nitrogens with zero attached hydrogens (tertiary/aromatic N) is 3. The Labute approximate surface area is 227 Å². The van der Waals surface area contributed by atoms with E-state index >= 15 is 0 Å². The molecule has 11 nitrogen and oxygen atoms in total. The Hall–Kier alpha value is -3.49. The molecule has 0 aliphatic heterocycles. The molecule has 0 amide bonds. The highest BCUT2D eigenvalue weighted by atomic mass is 35.5. The highest BCUT2D eigenvalue weighted by Crippen LogP contribution is 2.31. The SMILES string of the molecule is Cc1ccc(S(=O)(=O)Oc2ccc(N=Nc3c(C)[nH]n(-c4cc(Cl)c(S(=O)(=O)O)cc4Cl)c3=O)cc2)cc1. The fourth-order valence-corrected chi connectivity index (χ4v) is 5.53. The number of rotatable bonds is 7. The Morgan fingerprint density at radius 1 is 0.895 bits per heavy atom. The minimum atomic E-state index is -4.63. The van der Waals surface area contributed by atoms with Crippen molar-refractivity contribution >= 4 is 54.8 Å². The van der Waals surface area contributed by atoms with E-state index in [4.69, 9.17) is 27.4 Å². The van der Waals surface area contributed by atoms with Gasteiger partial charge in [0.1, 0.15) is 15.5 Å². The van der Waals surface area contributed by atoms with Gasteiger partial charge in [-0.1, -0.05) is 40.9 Å². The summed E-state index contributed by atoms with van der Waals surface area (Å²) in [5, 5.41) is 10.2. The van der Waals surface area contributed by atoms with Gasteiger partial charge in [0.15, 0.2) is 5.69 Å². The highest BCUT2D eigenvalue weighted by molar-refractivity contribution is 7.87. The number of H-pyrrole nitrogens is 1.